The van der Waals surface area contributed by atoms with E-state index in [0.29, 0.717) is 0 Å². The van der Waals surface area contributed by atoms with Gasteiger partial charge in [-0.1, -0.05) is 25.1 Å². The Morgan fingerprint density at radius 2 is 2.07 bits per heavy atom. The lowest BCUT2D eigenvalue weighted by molar-refractivity contribution is 0.660. The second-order valence-corrected chi connectivity index (χ2v) is 4.39. The Hall–Kier alpha value is -0.610. The standard InChI is InChI=1S/C10H17N3S/c1-3-4-9(11)7-14-10-12-5-8(2)6-13-10/h5-6,9H,3-4,7,11H2,1-2H3. The average Bonchev–Trinajstić information content (AvgIpc) is 2.17. The summed E-state index contributed by atoms with van der Waals surface area (Å²) in [5.74, 6) is 0.900. The van der Waals surface area contributed by atoms with Crippen molar-refractivity contribution < 1.29 is 0 Å². The number of aryl methyl sites for hydroxylation is 1. The zero-order valence-electron chi connectivity index (χ0n) is 8.73. The summed E-state index contributed by atoms with van der Waals surface area (Å²) < 4.78 is 0. The molecule has 1 aromatic rings. The van der Waals surface area contributed by atoms with Crippen LogP contribution in [0.2, 0.25) is 0 Å². The lowest BCUT2D eigenvalue weighted by atomic mass is 10.2. The van der Waals surface area contributed by atoms with Gasteiger partial charge in [-0.15, -0.1) is 0 Å². The van der Waals surface area contributed by atoms with Crippen LogP contribution in [-0.4, -0.2) is 21.8 Å². The van der Waals surface area contributed by atoms with E-state index >= 15 is 0 Å². The highest BCUT2D eigenvalue weighted by Gasteiger charge is 2.03. The zero-order chi connectivity index (χ0) is 10.4. The van der Waals surface area contributed by atoms with Crippen LogP contribution in [0.4, 0.5) is 0 Å². The second-order valence-electron chi connectivity index (χ2n) is 3.40. The van der Waals surface area contributed by atoms with Gasteiger partial charge in [0.25, 0.3) is 0 Å². The number of hydrogen-bond donors (Lipinski definition) is 1. The fourth-order valence-electron chi connectivity index (χ4n) is 1.09. The minimum atomic E-state index is 0.259. The van der Waals surface area contributed by atoms with Crippen molar-refractivity contribution >= 4 is 11.8 Å². The van der Waals surface area contributed by atoms with E-state index in [2.05, 4.69) is 16.9 Å². The van der Waals surface area contributed by atoms with Gasteiger partial charge >= 0.3 is 0 Å². The Kier molecular flexibility index (Phi) is 4.90. The molecule has 0 radical (unpaired) electrons. The zero-order valence-corrected chi connectivity index (χ0v) is 9.55. The smallest absolute Gasteiger partial charge is 0.187 e. The van der Waals surface area contributed by atoms with E-state index in [-0.39, 0.29) is 6.04 Å². The van der Waals surface area contributed by atoms with Crippen LogP contribution in [0, 0.1) is 6.92 Å². The van der Waals surface area contributed by atoms with Crippen molar-refractivity contribution in [2.75, 3.05) is 5.75 Å². The molecule has 0 bridgehead atoms. The molecule has 3 nitrogen and oxygen atoms in total. The lowest BCUT2D eigenvalue weighted by Gasteiger charge is -2.08. The Morgan fingerprint density at radius 1 is 1.43 bits per heavy atom. The van der Waals surface area contributed by atoms with Crippen LogP contribution in [0.1, 0.15) is 25.3 Å². The van der Waals surface area contributed by atoms with Crippen molar-refractivity contribution in [1.82, 2.24) is 9.97 Å². The SMILES string of the molecule is CCCC(N)CSc1ncc(C)cn1. The largest absolute Gasteiger partial charge is 0.327 e. The van der Waals surface area contributed by atoms with Gasteiger partial charge in [-0.05, 0) is 18.9 Å². The van der Waals surface area contributed by atoms with E-state index in [1.165, 1.54) is 0 Å². The molecule has 4 heteroatoms. The topological polar surface area (TPSA) is 51.8 Å². The van der Waals surface area contributed by atoms with Crippen LogP contribution in [0.25, 0.3) is 0 Å². The molecule has 1 heterocycles. The summed E-state index contributed by atoms with van der Waals surface area (Å²) in [5, 5.41) is 0.821. The molecule has 14 heavy (non-hydrogen) atoms. The van der Waals surface area contributed by atoms with Gasteiger partial charge in [-0.3, -0.25) is 0 Å². The molecule has 0 saturated carbocycles. The molecule has 0 fully saturated rings. The fourth-order valence-corrected chi connectivity index (χ4v) is 1.88. The molecule has 1 atom stereocenters. The van der Waals surface area contributed by atoms with Crippen LogP contribution >= 0.6 is 11.8 Å². The van der Waals surface area contributed by atoms with E-state index in [9.17, 15) is 0 Å². The van der Waals surface area contributed by atoms with Crippen molar-refractivity contribution in [1.29, 1.82) is 0 Å². The molecule has 0 aliphatic rings. The van der Waals surface area contributed by atoms with Crippen molar-refractivity contribution in [3.8, 4) is 0 Å². The van der Waals surface area contributed by atoms with Crippen LogP contribution in [0.15, 0.2) is 17.6 Å². The van der Waals surface area contributed by atoms with E-state index < -0.39 is 0 Å². The van der Waals surface area contributed by atoms with Crippen molar-refractivity contribution in [2.24, 2.45) is 5.73 Å². The summed E-state index contributed by atoms with van der Waals surface area (Å²) >= 11 is 1.63. The number of rotatable bonds is 5. The Bertz CT molecular complexity index is 261. The van der Waals surface area contributed by atoms with Crippen molar-refractivity contribution in [3.63, 3.8) is 0 Å². The maximum Gasteiger partial charge on any atom is 0.187 e. The van der Waals surface area contributed by atoms with Gasteiger partial charge in [0.05, 0.1) is 0 Å². The first-order valence-electron chi connectivity index (χ1n) is 4.89. The number of nitrogens with zero attached hydrogens (tertiary/aromatic N) is 2. The molecule has 78 valence electrons. The summed E-state index contributed by atoms with van der Waals surface area (Å²) in [4.78, 5) is 8.41. The molecule has 0 aliphatic carbocycles. The van der Waals surface area contributed by atoms with Gasteiger partial charge in [-0.2, -0.15) is 0 Å². The summed E-state index contributed by atoms with van der Waals surface area (Å²) in [6.07, 6.45) is 5.87. The second kappa shape index (κ2) is 5.98. The lowest BCUT2D eigenvalue weighted by Crippen LogP contribution is -2.22. The molecule has 0 aliphatic heterocycles. The first-order chi connectivity index (χ1) is 6.72. The molecular weight excluding hydrogens is 194 g/mol. The van der Waals surface area contributed by atoms with Crippen LogP contribution in [-0.2, 0) is 0 Å². The van der Waals surface area contributed by atoms with Gasteiger partial charge in [0.15, 0.2) is 5.16 Å². The van der Waals surface area contributed by atoms with Gasteiger partial charge < -0.3 is 5.73 Å². The highest BCUT2D eigenvalue weighted by Crippen LogP contribution is 2.13. The molecule has 1 rings (SSSR count). The Labute approximate surface area is 89.5 Å². The van der Waals surface area contributed by atoms with Gasteiger partial charge in [-0.25, -0.2) is 9.97 Å². The van der Waals surface area contributed by atoms with Gasteiger partial charge in [0.2, 0.25) is 0 Å². The molecular formula is C10H17N3S. The number of thioether (sulfide) groups is 1. The van der Waals surface area contributed by atoms with Gasteiger partial charge in [0, 0.05) is 24.2 Å². The summed E-state index contributed by atoms with van der Waals surface area (Å²) in [5.41, 5.74) is 6.98. The first-order valence-corrected chi connectivity index (χ1v) is 5.88. The third kappa shape index (κ3) is 4.07. The summed E-state index contributed by atoms with van der Waals surface area (Å²) in [7, 11) is 0. The average molecular weight is 211 g/mol. The third-order valence-electron chi connectivity index (χ3n) is 1.84. The van der Waals surface area contributed by atoms with E-state index in [1.807, 2.05) is 19.3 Å². The molecule has 1 unspecified atom stereocenters. The maximum absolute atomic E-state index is 5.89. The molecule has 0 aromatic carbocycles. The number of nitrogens with two attached hydrogens (primary N) is 1. The predicted molar refractivity (Wildman–Crippen MR) is 60.4 cm³/mol. The third-order valence-corrected chi connectivity index (χ3v) is 2.91. The first kappa shape index (κ1) is 11.5. The normalized spacial score (nSPS) is 12.8. The minimum Gasteiger partial charge on any atom is -0.327 e. The van der Waals surface area contributed by atoms with Crippen molar-refractivity contribution in [3.05, 3.63) is 18.0 Å². The van der Waals surface area contributed by atoms with Crippen LogP contribution in [0.5, 0.6) is 0 Å². The Balaban J connectivity index is 2.34. The predicted octanol–water partition coefficient (Wildman–Crippen LogP) is 2.00. The fraction of sp³-hybridized carbons (Fsp3) is 0.600. The number of hydrogen-bond acceptors (Lipinski definition) is 4. The maximum atomic E-state index is 5.89. The minimum absolute atomic E-state index is 0.259. The monoisotopic (exact) mass is 211 g/mol. The highest BCUT2D eigenvalue weighted by atomic mass is 32.2. The quantitative estimate of drug-likeness (QED) is 0.598. The molecule has 0 amide bonds. The van der Waals surface area contributed by atoms with E-state index in [1.54, 1.807) is 11.8 Å². The highest BCUT2D eigenvalue weighted by molar-refractivity contribution is 7.99. The molecule has 2 N–H and O–H groups in total. The van der Waals surface area contributed by atoms with E-state index in [4.69, 9.17) is 5.73 Å². The molecule has 0 spiro atoms. The molecule has 0 saturated heterocycles. The Morgan fingerprint density at radius 3 is 2.64 bits per heavy atom. The van der Waals surface area contributed by atoms with Gasteiger partial charge in [0.1, 0.15) is 0 Å². The van der Waals surface area contributed by atoms with E-state index in [0.717, 1.165) is 29.3 Å². The number of aromatic nitrogens is 2. The van der Waals surface area contributed by atoms with Crippen LogP contribution < -0.4 is 5.73 Å². The molecule has 1 aromatic heterocycles. The summed E-state index contributed by atoms with van der Waals surface area (Å²) in [6.45, 7) is 4.13. The summed E-state index contributed by atoms with van der Waals surface area (Å²) in [6, 6.07) is 0.259. The van der Waals surface area contributed by atoms with Crippen molar-refractivity contribution in [2.45, 2.75) is 37.9 Å². The van der Waals surface area contributed by atoms with Crippen LogP contribution in [0.3, 0.4) is 0 Å².